The Labute approximate surface area is 182 Å². The van der Waals surface area contributed by atoms with E-state index >= 15 is 0 Å². The van der Waals surface area contributed by atoms with Crippen molar-refractivity contribution in [3.63, 3.8) is 0 Å². The fourth-order valence-electron chi connectivity index (χ4n) is 3.17. The maximum absolute atomic E-state index is 13.0. The van der Waals surface area contributed by atoms with Gasteiger partial charge in [0.1, 0.15) is 24.7 Å². The van der Waals surface area contributed by atoms with Gasteiger partial charge in [0.25, 0.3) is 5.91 Å². The Morgan fingerprint density at radius 3 is 2.40 bits per heavy atom. The van der Waals surface area contributed by atoms with Gasteiger partial charge in [-0.3, -0.25) is 4.79 Å². The molecule has 1 aromatic heterocycles. The molecular weight excluding hydrogens is 424 g/mol. The molecule has 2 aromatic carbocycles. The van der Waals surface area contributed by atoms with Crippen LogP contribution in [0.25, 0.3) is 10.2 Å². The molecule has 0 atom stereocenters. The van der Waals surface area contributed by atoms with E-state index in [2.05, 4.69) is 15.8 Å². The molecule has 0 N–H and O–H groups in total. The van der Waals surface area contributed by atoms with Crippen LogP contribution in [0.1, 0.15) is 10.4 Å². The molecule has 0 spiro atoms. The Morgan fingerprint density at radius 1 is 1.10 bits per heavy atom. The lowest BCUT2D eigenvalue weighted by Gasteiger charge is -2.18. The third-order valence-electron chi connectivity index (χ3n) is 4.66. The molecule has 1 aliphatic rings. The number of thioether (sulfide) groups is 1. The van der Waals surface area contributed by atoms with Crippen LogP contribution in [-0.2, 0) is 6.54 Å². The number of thiazole rings is 1. The molecule has 30 heavy (non-hydrogen) atoms. The van der Waals surface area contributed by atoms with E-state index in [1.165, 1.54) is 11.3 Å². The van der Waals surface area contributed by atoms with Crippen LogP contribution in [0.4, 0.5) is 0 Å². The van der Waals surface area contributed by atoms with Gasteiger partial charge in [-0.25, -0.2) is 0 Å². The van der Waals surface area contributed by atoms with Gasteiger partial charge in [0.05, 0.1) is 24.4 Å². The van der Waals surface area contributed by atoms with Crippen LogP contribution in [-0.4, -0.2) is 49.9 Å². The summed E-state index contributed by atoms with van der Waals surface area (Å²) in [5.74, 6) is 3.08. The van der Waals surface area contributed by atoms with Crippen molar-refractivity contribution in [1.82, 2.24) is 4.57 Å². The summed E-state index contributed by atoms with van der Waals surface area (Å²) in [6.45, 7) is 1.79. The van der Waals surface area contributed by atoms with Crippen molar-refractivity contribution in [2.24, 2.45) is 4.99 Å². The summed E-state index contributed by atoms with van der Waals surface area (Å²) in [5, 5.41) is 0. The monoisotopic (exact) mass is 446 g/mol. The Bertz CT molecular complexity index is 1130. The van der Waals surface area contributed by atoms with Crippen molar-refractivity contribution in [2.75, 3.05) is 39.4 Å². The molecule has 4 rings (SSSR count). The third kappa shape index (κ3) is 4.13. The molecule has 0 radical (unpaired) electrons. The second-order valence-electron chi connectivity index (χ2n) is 6.51. The van der Waals surface area contributed by atoms with Crippen molar-refractivity contribution in [3.05, 3.63) is 40.7 Å². The topological polar surface area (TPSA) is 71.3 Å². The molecule has 158 valence electrons. The standard InChI is InChI=1S/C21H22N2O5S2/c1-25-14-8-13(9-15(10-14)26-2)20(24)22-21-23(4-7-29-3)16-11-17-18(12-19(16)30-21)28-6-5-27-17/h8-12H,4-7H2,1-3H3. The SMILES string of the molecule is COc1cc(OC)cc(C(=O)N=c2sc3cc4c(cc3n2CCSC)OCCO4)c1. The Morgan fingerprint density at radius 2 is 1.77 bits per heavy atom. The van der Waals surface area contributed by atoms with Crippen LogP contribution >= 0.6 is 23.1 Å². The molecule has 1 aliphatic heterocycles. The fraction of sp³-hybridized carbons (Fsp3) is 0.333. The zero-order valence-electron chi connectivity index (χ0n) is 17.0. The Kier molecular flexibility index (Phi) is 6.19. The number of nitrogens with zero attached hydrogens (tertiary/aromatic N) is 2. The van der Waals surface area contributed by atoms with Gasteiger partial charge in [0.15, 0.2) is 16.3 Å². The summed E-state index contributed by atoms with van der Waals surface area (Å²) < 4.78 is 25.0. The second-order valence-corrected chi connectivity index (χ2v) is 8.51. The molecule has 0 aliphatic carbocycles. The fourth-order valence-corrected chi connectivity index (χ4v) is 4.60. The molecular formula is C21H22N2O5S2. The van der Waals surface area contributed by atoms with E-state index in [9.17, 15) is 4.79 Å². The van der Waals surface area contributed by atoms with E-state index in [0.717, 1.165) is 34.0 Å². The number of aromatic nitrogens is 1. The summed E-state index contributed by atoms with van der Waals surface area (Å²) in [4.78, 5) is 18.0. The first-order chi connectivity index (χ1) is 14.6. The number of ether oxygens (including phenoxy) is 4. The quantitative estimate of drug-likeness (QED) is 0.576. The first-order valence-corrected chi connectivity index (χ1v) is 11.6. The summed E-state index contributed by atoms with van der Waals surface area (Å²) in [6.07, 6.45) is 2.05. The number of carbonyl (C=O) groups excluding carboxylic acids is 1. The molecule has 1 amide bonds. The van der Waals surface area contributed by atoms with Crippen molar-refractivity contribution < 1.29 is 23.7 Å². The lowest BCUT2D eigenvalue weighted by atomic mass is 10.2. The number of hydrogen-bond acceptors (Lipinski definition) is 7. The summed E-state index contributed by atoms with van der Waals surface area (Å²) >= 11 is 3.20. The van der Waals surface area contributed by atoms with Crippen molar-refractivity contribution in [1.29, 1.82) is 0 Å². The van der Waals surface area contributed by atoms with Crippen LogP contribution in [0.15, 0.2) is 35.3 Å². The van der Waals surface area contributed by atoms with Gasteiger partial charge < -0.3 is 23.5 Å². The van der Waals surface area contributed by atoms with Crippen LogP contribution in [0.3, 0.4) is 0 Å². The van der Waals surface area contributed by atoms with Crippen molar-refractivity contribution in [3.8, 4) is 23.0 Å². The molecule has 9 heteroatoms. The number of methoxy groups -OCH3 is 2. The van der Waals surface area contributed by atoms with E-state index in [1.54, 1.807) is 44.2 Å². The maximum atomic E-state index is 13.0. The normalized spacial score (nSPS) is 13.5. The Balaban J connectivity index is 1.82. The van der Waals surface area contributed by atoms with Crippen LogP contribution < -0.4 is 23.7 Å². The molecule has 0 fully saturated rings. The highest BCUT2D eigenvalue weighted by Gasteiger charge is 2.17. The molecule has 2 heterocycles. The van der Waals surface area contributed by atoms with E-state index in [-0.39, 0.29) is 5.91 Å². The van der Waals surface area contributed by atoms with Gasteiger partial charge in [0.2, 0.25) is 0 Å². The van der Waals surface area contributed by atoms with E-state index < -0.39 is 0 Å². The number of aryl methyl sites for hydroxylation is 1. The molecule has 3 aromatic rings. The van der Waals surface area contributed by atoms with E-state index in [0.29, 0.717) is 35.1 Å². The minimum Gasteiger partial charge on any atom is -0.497 e. The molecule has 7 nitrogen and oxygen atoms in total. The number of amides is 1. The Hall–Kier alpha value is -2.65. The molecule has 0 saturated carbocycles. The first kappa shape index (κ1) is 20.6. The average molecular weight is 447 g/mol. The highest BCUT2D eigenvalue weighted by Crippen LogP contribution is 2.35. The number of rotatable bonds is 6. The maximum Gasteiger partial charge on any atom is 0.279 e. The molecule has 0 unspecified atom stereocenters. The first-order valence-electron chi connectivity index (χ1n) is 9.37. The molecule has 0 bridgehead atoms. The zero-order valence-corrected chi connectivity index (χ0v) is 18.6. The lowest BCUT2D eigenvalue weighted by Crippen LogP contribution is -2.19. The van der Waals surface area contributed by atoms with Crippen LogP contribution in [0.2, 0.25) is 0 Å². The average Bonchev–Trinajstić information content (AvgIpc) is 3.11. The summed E-state index contributed by atoms with van der Waals surface area (Å²) in [6, 6.07) is 8.98. The minimum absolute atomic E-state index is 0.353. The minimum atomic E-state index is -0.353. The predicted molar refractivity (Wildman–Crippen MR) is 119 cm³/mol. The number of carbonyl (C=O) groups is 1. The van der Waals surface area contributed by atoms with Gasteiger partial charge in [-0.05, 0) is 18.4 Å². The van der Waals surface area contributed by atoms with Crippen LogP contribution in [0, 0.1) is 0 Å². The predicted octanol–water partition coefficient (Wildman–Crippen LogP) is 3.60. The summed E-state index contributed by atoms with van der Waals surface area (Å²) in [5.41, 5.74) is 1.39. The van der Waals surface area contributed by atoms with Gasteiger partial charge in [0, 0.05) is 36.1 Å². The van der Waals surface area contributed by atoms with Crippen LogP contribution in [0.5, 0.6) is 23.0 Å². The highest BCUT2D eigenvalue weighted by molar-refractivity contribution is 7.98. The number of fused-ring (bicyclic) bond motifs is 2. The largest absolute Gasteiger partial charge is 0.497 e. The van der Waals surface area contributed by atoms with Gasteiger partial charge in [-0.2, -0.15) is 16.8 Å². The third-order valence-corrected chi connectivity index (χ3v) is 6.29. The van der Waals surface area contributed by atoms with Gasteiger partial charge in [-0.1, -0.05) is 11.3 Å². The highest BCUT2D eigenvalue weighted by atomic mass is 32.2. The zero-order chi connectivity index (χ0) is 21.1. The van der Waals surface area contributed by atoms with Crippen molar-refractivity contribution in [2.45, 2.75) is 6.54 Å². The lowest BCUT2D eigenvalue weighted by molar-refractivity contribution is 0.0997. The van der Waals surface area contributed by atoms with Gasteiger partial charge >= 0.3 is 0 Å². The second kappa shape index (κ2) is 9.01. The van der Waals surface area contributed by atoms with Crippen molar-refractivity contribution >= 4 is 39.2 Å². The summed E-state index contributed by atoms with van der Waals surface area (Å²) in [7, 11) is 3.10. The van der Waals surface area contributed by atoms with Gasteiger partial charge in [-0.15, -0.1) is 0 Å². The van der Waals surface area contributed by atoms with E-state index in [1.807, 2.05) is 12.1 Å². The number of benzene rings is 2. The molecule has 0 saturated heterocycles. The van der Waals surface area contributed by atoms with E-state index in [4.69, 9.17) is 18.9 Å². The number of hydrogen-bond donors (Lipinski definition) is 0. The smallest absolute Gasteiger partial charge is 0.279 e.